The third kappa shape index (κ3) is 6.53. The Balaban J connectivity index is 2.21. The number of hydrogen-bond acceptors (Lipinski definition) is 5. The highest BCUT2D eigenvalue weighted by Gasteiger charge is 2.23. The molecule has 0 bridgehead atoms. The van der Waals surface area contributed by atoms with Gasteiger partial charge in [-0.2, -0.15) is 0 Å². The molecule has 27 heavy (non-hydrogen) atoms. The molecule has 0 aromatic heterocycles. The van der Waals surface area contributed by atoms with E-state index in [1.54, 1.807) is 37.3 Å². The van der Waals surface area contributed by atoms with Crippen molar-refractivity contribution in [3.05, 3.63) is 72.3 Å². The zero-order valence-corrected chi connectivity index (χ0v) is 17.1. The van der Waals surface area contributed by atoms with Crippen molar-refractivity contribution in [1.82, 2.24) is 4.72 Å². The lowest BCUT2D eigenvalue weighted by atomic mass is 10.2. The van der Waals surface area contributed by atoms with E-state index in [1.807, 2.05) is 37.3 Å². The number of methoxy groups -OCH3 is 1. The third-order valence-corrected chi connectivity index (χ3v) is 6.76. The highest BCUT2D eigenvalue weighted by Crippen LogP contribution is 2.27. The molecule has 2 aromatic carbocycles. The van der Waals surface area contributed by atoms with Crippen LogP contribution in [0.3, 0.4) is 0 Å². The maximum atomic E-state index is 12.7. The molecular formula is C20H23NO4S2. The maximum absolute atomic E-state index is 12.7. The molecule has 0 amide bonds. The first-order chi connectivity index (χ1) is 12.8. The lowest BCUT2D eigenvalue weighted by Gasteiger charge is -2.22. The summed E-state index contributed by atoms with van der Waals surface area (Å²) in [6.07, 6.45) is 2.98. The van der Waals surface area contributed by atoms with Gasteiger partial charge in [0.15, 0.2) is 0 Å². The number of thioether (sulfide) groups is 1. The van der Waals surface area contributed by atoms with E-state index in [0.717, 1.165) is 10.5 Å². The van der Waals surface area contributed by atoms with Crippen molar-refractivity contribution in [2.75, 3.05) is 7.11 Å². The molecule has 0 saturated carbocycles. The number of nitrogens with one attached hydrogen (secondary N) is 1. The molecular weight excluding hydrogens is 382 g/mol. The normalized spacial score (nSPS) is 14.0. The van der Waals surface area contributed by atoms with E-state index < -0.39 is 22.0 Å². The van der Waals surface area contributed by atoms with E-state index in [9.17, 15) is 13.2 Å². The number of carbonyl (C=O) groups excluding carboxylic acids is 1. The van der Waals surface area contributed by atoms with Crippen LogP contribution < -0.4 is 4.72 Å². The summed E-state index contributed by atoms with van der Waals surface area (Å²) in [5.74, 6) is -0.484. The Morgan fingerprint density at radius 2 is 1.74 bits per heavy atom. The monoisotopic (exact) mass is 405 g/mol. The fourth-order valence-electron chi connectivity index (χ4n) is 2.30. The zero-order chi connectivity index (χ0) is 19.9. The summed E-state index contributed by atoms with van der Waals surface area (Å²) in [6.45, 7) is 3.67. The molecule has 2 atom stereocenters. The molecule has 0 radical (unpaired) electrons. The number of benzene rings is 2. The second kappa shape index (κ2) is 9.73. The molecule has 0 aliphatic carbocycles. The standard InChI is InChI=1S/C20H23NO4S2/c1-15-9-11-18(12-10-15)27(23,24)21-16(2)19(13-14-20(22)25-3)26-17-7-5-4-6-8-17/h4-14,16,19,21H,1-3H3/b14-13+/t16-,19+/m0/s1. The van der Waals surface area contributed by atoms with Crippen molar-refractivity contribution >= 4 is 27.8 Å². The van der Waals surface area contributed by atoms with Crippen LogP contribution in [0.15, 0.2) is 76.5 Å². The van der Waals surface area contributed by atoms with Gasteiger partial charge in [-0.1, -0.05) is 42.0 Å². The van der Waals surface area contributed by atoms with Crippen LogP contribution in [0.1, 0.15) is 12.5 Å². The number of ether oxygens (including phenoxy) is 1. The first-order valence-corrected chi connectivity index (χ1v) is 10.7. The van der Waals surface area contributed by atoms with E-state index in [-0.39, 0.29) is 10.1 Å². The number of esters is 1. The average molecular weight is 406 g/mol. The van der Waals surface area contributed by atoms with Gasteiger partial charge in [-0.25, -0.2) is 17.9 Å². The summed E-state index contributed by atoms with van der Waals surface area (Å²) in [5.41, 5.74) is 0.987. The van der Waals surface area contributed by atoms with Crippen LogP contribution in [0, 0.1) is 6.92 Å². The topological polar surface area (TPSA) is 72.5 Å². The average Bonchev–Trinajstić information content (AvgIpc) is 2.65. The van der Waals surface area contributed by atoms with Gasteiger partial charge in [0.25, 0.3) is 0 Å². The highest BCUT2D eigenvalue weighted by atomic mass is 32.2. The molecule has 144 valence electrons. The quantitative estimate of drug-likeness (QED) is 0.413. The lowest BCUT2D eigenvalue weighted by molar-refractivity contribution is -0.134. The van der Waals surface area contributed by atoms with Gasteiger partial charge >= 0.3 is 5.97 Å². The Labute approximate surface area is 164 Å². The van der Waals surface area contributed by atoms with Crippen LogP contribution in [-0.4, -0.2) is 32.8 Å². The predicted molar refractivity (Wildman–Crippen MR) is 108 cm³/mol. The van der Waals surface area contributed by atoms with Crippen molar-refractivity contribution in [2.24, 2.45) is 0 Å². The van der Waals surface area contributed by atoms with Gasteiger partial charge in [0.1, 0.15) is 0 Å². The summed E-state index contributed by atoms with van der Waals surface area (Å²) in [5, 5.41) is -0.299. The molecule has 0 aliphatic rings. The zero-order valence-electron chi connectivity index (χ0n) is 15.5. The summed E-state index contributed by atoms with van der Waals surface area (Å²) in [6, 6.07) is 15.8. The van der Waals surface area contributed by atoms with Gasteiger partial charge in [-0.15, -0.1) is 11.8 Å². The number of carbonyl (C=O) groups is 1. The molecule has 0 spiro atoms. The summed E-state index contributed by atoms with van der Waals surface area (Å²) >= 11 is 1.47. The van der Waals surface area contributed by atoms with Crippen LogP contribution in [-0.2, 0) is 19.6 Å². The SMILES string of the molecule is COC(=O)/C=C/[C@@H](Sc1ccccc1)[C@H](C)NS(=O)(=O)c1ccc(C)cc1. The lowest BCUT2D eigenvalue weighted by Crippen LogP contribution is -2.39. The number of rotatable bonds is 8. The molecule has 2 rings (SSSR count). The minimum atomic E-state index is -3.67. The Bertz CT molecular complexity index is 878. The van der Waals surface area contributed by atoms with Crippen molar-refractivity contribution in [1.29, 1.82) is 0 Å². The molecule has 1 N–H and O–H groups in total. The van der Waals surface area contributed by atoms with Crippen LogP contribution in [0.5, 0.6) is 0 Å². The maximum Gasteiger partial charge on any atom is 0.330 e. The van der Waals surface area contributed by atoms with E-state index in [0.29, 0.717) is 0 Å². The minimum absolute atomic E-state index is 0.209. The summed E-state index contributed by atoms with van der Waals surface area (Å²) in [7, 11) is -2.37. The smallest absolute Gasteiger partial charge is 0.330 e. The minimum Gasteiger partial charge on any atom is -0.466 e. The van der Waals surface area contributed by atoms with Gasteiger partial charge in [0.05, 0.1) is 12.0 Å². The summed E-state index contributed by atoms with van der Waals surface area (Å²) < 4.78 is 32.7. The molecule has 2 aromatic rings. The van der Waals surface area contributed by atoms with Crippen LogP contribution in [0.2, 0.25) is 0 Å². The van der Waals surface area contributed by atoms with Crippen molar-refractivity contribution < 1.29 is 17.9 Å². The molecule has 0 heterocycles. The number of hydrogen-bond donors (Lipinski definition) is 1. The molecule has 0 aliphatic heterocycles. The molecule has 0 fully saturated rings. The first kappa shape index (κ1) is 21.2. The van der Waals surface area contributed by atoms with E-state index in [2.05, 4.69) is 9.46 Å². The Morgan fingerprint density at radius 1 is 1.11 bits per heavy atom. The fraction of sp³-hybridized carbons (Fsp3) is 0.250. The predicted octanol–water partition coefficient (Wildman–Crippen LogP) is 3.55. The molecule has 7 heteroatoms. The fourth-order valence-corrected chi connectivity index (χ4v) is 4.71. The van der Waals surface area contributed by atoms with Crippen molar-refractivity contribution in [3.63, 3.8) is 0 Å². The Kier molecular flexibility index (Phi) is 7.65. The van der Waals surface area contributed by atoms with Gasteiger partial charge in [-0.3, -0.25) is 0 Å². The van der Waals surface area contributed by atoms with Gasteiger partial charge < -0.3 is 4.74 Å². The van der Waals surface area contributed by atoms with Crippen molar-refractivity contribution in [3.8, 4) is 0 Å². The van der Waals surface area contributed by atoms with Crippen LogP contribution in [0.4, 0.5) is 0 Å². The van der Waals surface area contributed by atoms with E-state index >= 15 is 0 Å². The van der Waals surface area contributed by atoms with Gasteiger partial charge in [0, 0.05) is 22.3 Å². The Hall–Kier alpha value is -2.09. The third-order valence-electron chi connectivity index (χ3n) is 3.80. The molecule has 0 unspecified atom stereocenters. The second-order valence-corrected chi connectivity index (χ2v) is 8.97. The van der Waals surface area contributed by atoms with Gasteiger partial charge in [-0.05, 0) is 38.1 Å². The largest absolute Gasteiger partial charge is 0.466 e. The number of aryl methyl sites for hydroxylation is 1. The van der Waals surface area contributed by atoms with Crippen molar-refractivity contribution in [2.45, 2.75) is 34.9 Å². The molecule has 5 nitrogen and oxygen atoms in total. The highest BCUT2D eigenvalue weighted by molar-refractivity contribution is 8.00. The van der Waals surface area contributed by atoms with Crippen LogP contribution >= 0.6 is 11.8 Å². The first-order valence-electron chi connectivity index (χ1n) is 8.38. The second-order valence-electron chi connectivity index (χ2n) is 6.00. The van der Waals surface area contributed by atoms with E-state index in [4.69, 9.17) is 0 Å². The van der Waals surface area contributed by atoms with Gasteiger partial charge in [0.2, 0.25) is 10.0 Å². The van der Waals surface area contributed by atoms with Crippen LogP contribution in [0.25, 0.3) is 0 Å². The van der Waals surface area contributed by atoms with E-state index in [1.165, 1.54) is 24.9 Å². The Morgan fingerprint density at radius 3 is 2.33 bits per heavy atom. The number of sulfonamides is 1. The summed E-state index contributed by atoms with van der Waals surface area (Å²) in [4.78, 5) is 12.7. The molecule has 0 saturated heterocycles.